The summed E-state index contributed by atoms with van der Waals surface area (Å²) in [5.74, 6) is 0.508. The van der Waals surface area contributed by atoms with Crippen LogP contribution in [-0.2, 0) is 0 Å². The largest absolute Gasteiger partial charge is 0.336 e. The molecule has 5 nitrogen and oxygen atoms in total. The van der Waals surface area contributed by atoms with E-state index in [1.165, 1.54) is 3.57 Å². The highest BCUT2D eigenvalue weighted by Crippen LogP contribution is 2.18. The first kappa shape index (κ1) is 19.5. The van der Waals surface area contributed by atoms with Crippen molar-refractivity contribution in [2.75, 3.05) is 45.1 Å². The highest BCUT2D eigenvalue weighted by Gasteiger charge is 2.25. The number of rotatable bonds is 5. The van der Waals surface area contributed by atoms with E-state index in [2.05, 4.69) is 70.0 Å². The lowest BCUT2D eigenvalue weighted by Gasteiger charge is -2.39. The molecule has 0 radical (unpaired) electrons. The molecule has 1 aromatic carbocycles. The molecule has 0 bridgehead atoms. The predicted molar refractivity (Wildman–Crippen MR) is 109 cm³/mol. The molecule has 134 valence electrons. The monoisotopic (exact) mass is 444 g/mol. The molecule has 0 spiro atoms. The number of benzene rings is 1. The number of hydrogen-bond acceptors (Lipinski definition) is 3. The molecule has 6 heteroatoms. The summed E-state index contributed by atoms with van der Waals surface area (Å²) in [4.78, 5) is 17.1. The highest BCUT2D eigenvalue weighted by molar-refractivity contribution is 14.1. The third-order valence-electron chi connectivity index (χ3n) is 4.68. The molecule has 1 saturated heterocycles. The van der Waals surface area contributed by atoms with Gasteiger partial charge in [-0.2, -0.15) is 0 Å². The fourth-order valence-electron chi connectivity index (χ4n) is 3.07. The number of amides is 2. The van der Waals surface area contributed by atoms with Crippen LogP contribution < -0.4 is 10.6 Å². The standard InChI is InChI=1S/C18H29IN4O/c1-13(2)17(23-9-7-22(4)8-10-23)12-20-18(24)21-16-6-5-15(19)11-14(16)3/h5-6,11,13,17H,7-10,12H2,1-4H3,(H2,20,21,24). The Morgan fingerprint density at radius 3 is 2.50 bits per heavy atom. The number of anilines is 1. The van der Waals surface area contributed by atoms with Crippen LogP contribution in [0.25, 0.3) is 0 Å². The smallest absolute Gasteiger partial charge is 0.319 e. The van der Waals surface area contributed by atoms with Gasteiger partial charge in [0, 0.05) is 48.0 Å². The van der Waals surface area contributed by atoms with E-state index < -0.39 is 0 Å². The van der Waals surface area contributed by atoms with Gasteiger partial charge in [-0.15, -0.1) is 0 Å². The molecule has 0 aromatic heterocycles. The molecule has 24 heavy (non-hydrogen) atoms. The minimum Gasteiger partial charge on any atom is -0.336 e. The van der Waals surface area contributed by atoms with Crippen LogP contribution in [0.4, 0.5) is 10.5 Å². The van der Waals surface area contributed by atoms with Crippen molar-refractivity contribution in [3.8, 4) is 0 Å². The summed E-state index contributed by atoms with van der Waals surface area (Å²) < 4.78 is 1.17. The first-order chi connectivity index (χ1) is 11.4. The number of nitrogens with one attached hydrogen (secondary N) is 2. The first-order valence-corrected chi connectivity index (χ1v) is 9.68. The number of hydrogen-bond donors (Lipinski definition) is 2. The minimum absolute atomic E-state index is 0.126. The fraction of sp³-hybridized carbons (Fsp3) is 0.611. The van der Waals surface area contributed by atoms with E-state index in [0.29, 0.717) is 18.5 Å². The van der Waals surface area contributed by atoms with Gasteiger partial charge in [-0.25, -0.2) is 4.79 Å². The van der Waals surface area contributed by atoms with Crippen molar-refractivity contribution in [1.82, 2.24) is 15.1 Å². The normalized spacial score (nSPS) is 17.8. The third-order valence-corrected chi connectivity index (χ3v) is 5.36. The van der Waals surface area contributed by atoms with Crippen molar-refractivity contribution < 1.29 is 4.79 Å². The van der Waals surface area contributed by atoms with Gasteiger partial charge >= 0.3 is 6.03 Å². The zero-order valence-corrected chi connectivity index (χ0v) is 17.3. The van der Waals surface area contributed by atoms with Crippen molar-refractivity contribution >= 4 is 34.3 Å². The van der Waals surface area contributed by atoms with Crippen LogP contribution in [0.3, 0.4) is 0 Å². The van der Waals surface area contributed by atoms with Gasteiger partial charge in [0.05, 0.1) is 0 Å². The van der Waals surface area contributed by atoms with Crippen molar-refractivity contribution in [2.24, 2.45) is 5.92 Å². The molecule has 1 aromatic rings. The van der Waals surface area contributed by atoms with Gasteiger partial charge in [0.2, 0.25) is 0 Å². The average Bonchev–Trinajstić information content (AvgIpc) is 2.52. The number of likely N-dealkylation sites (N-methyl/N-ethyl adjacent to an activating group) is 1. The van der Waals surface area contributed by atoms with E-state index in [4.69, 9.17) is 0 Å². The molecule has 1 heterocycles. The van der Waals surface area contributed by atoms with Crippen LogP contribution >= 0.6 is 22.6 Å². The minimum atomic E-state index is -0.126. The number of carbonyl (C=O) groups is 1. The summed E-state index contributed by atoms with van der Waals surface area (Å²) >= 11 is 2.28. The van der Waals surface area contributed by atoms with Gasteiger partial charge in [0.1, 0.15) is 0 Å². The molecule has 2 amide bonds. The summed E-state index contributed by atoms with van der Waals surface area (Å²) in [5, 5.41) is 6.02. The first-order valence-electron chi connectivity index (χ1n) is 8.60. The summed E-state index contributed by atoms with van der Waals surface area (Å²) in [7, 11) is 2.16. The molecule has 1 atom stereocenters. The van der Waals surface area contributed by atoms with Crippen molar-refractivity contribution in [2.45, 2.75) is 26.8 Å². The number of carbonyl (C=O) groups excluding carboxylic acids is 1. The second-order valence-electron chi connectivity index (χ2n) is 6.94. The SMILES string of the molecule is Cc1cc(I)ccc1NC(=O)NCC(C(C)C)N1CCN(C)CC1. The second kappa shape index (κ2) is 9.01. The molecule has 1 aliphatic heterocycles. The lowest BCUT2D eigenvalue weighted by molar-refractivity contribution is 0.0890. The van der Waals surface area contributed by atoms with Crippen LogP contribution in [0.1, 0.15) is 19.4 Å². The van der Waals surface area contributed by atoms with Gasteiger partial charge in [-0.3, -0.25) is 4.90 Å². The van der Waals surface area contributed by atoms with E-state index in [-0.39, 0.29) is 6.03 Å². The predicted octanol–water partition coefficient (Wildman–Crippen LogP) is 2.99. The maximum atomic E-state index is 12.3. The molecule has 0 aliphatic carbocycles. The fourth-order valence-corrected chi connectivity index (χ4v) is 3.72. The Bertz CT molecular complexity index is 556. The number of piperazine rings is 1. The van der Waals surface area contributed by atoms with Crippen LogP contribution in [0.5, 0.6) is 0 Å². The number of halogens is 1. The summed E-state index contributed by atoms with van der Waals surface area (Å²) in [6.07, 6.45) is 0. The highest BCUT2D eigenvalue weighted by atomic mass is 127. The number of nitrogens with zero attached hydrogens (tertiary/aromatic N) is 2. The van der Waals surface area contributed by atoms with Crippen molar-refractivity contribution in [1.29, 1.82) is 0 Å². The Morgan fingerprint density at radius 2 is 1.92 bits per heavy atom. The van der Waals surface area contributed by atoms with Crippen LogP contribution in [0.15, 0.2) is 18.2 Å². The Hall–Kier alpha value is -0.860. The third kappa shape index (κ3) is 5.60. The van der Waals surface area contributed by atoms with Crippen LogP contribution in [0.2, 0.25) is 0 Å². The van der Waals surface area contributed by atoms with Gasteiger partial charge < -0.3 is 15.5 Å². The molecule has 0 saturated carbocycles. The number of aryl methyl sites for hydroxylation is 1. The van der Waals surface area contributed by atoms with Gasteiger partial charge in [-0.05, 0) is 66.2 Å². The molecule has 1 fully saturated rings. The van der Waals surface area contributed by atoms with Crippen LogP contribution in [-0.4, -0.2) is 61.6 Å². The molecule has 1 unspecified atom stereocenters. The second-order valence-corrected chi connectivity index (χ2v) is 8.19. The maximum Gasteiger partial charge on any atom is 0.319 e. The van der Waals surface area contributed by atoms with E-state index in [1.807, 2.05) is 19.1 Å². The topological polar surface area (TPSA) is 47.6 Å². The molecular weight excluding hydrogens is 415 g/mol. The van der Waals surface area contributed by atoms with Crippen LogP contribution in [0, 0.1) is 16.4 Å². The Morgan fingerprint density at radius 1 is 1.25 bits per heavy atom. The quantitative estimate of drug-likeness (QED) is 0.687. The Balaban J connectivity index is 1.88. The number of urea groups is 1. The summed E-state index contributed by atoms with van der Waals surface area (Å²) in [6.45, 7) is 11.5. The average molecular weight is 444 g/mol. The summed E-state index contributed by atoms with van der Waals surface area (Å²) in [5.41, 5.74) is 1.95. The Kier molecular flexibility index (Phi) is 7.31. The molecule has 2 N–H and O–H groups in total. The Labute approximate surface area is 159 Å². The van der Waals surface area contributed by atoms with Crippen molar-refractivity contribution in [3.63, 3.8) is 0 Å². The molecule has 2 rings (SSSR count). The summed E-state index contributed by atoms with van der Waals surface area (Å²) in [6, 6.07) is 6.28. The van der Waals surface area contributed by atoms with E-state index >= 15 is 0 Å². The van der Waals surface area contributed by atoms with Gasteiger partial charge in [0.15, 0.2) is 0 Å². The van der Waals surface area contributed by atoms with Gasteiger partial charge in [-0.1, -0.05) is 13.8 Å². The van der Waals surface area contributed by atoms with E-state index in [9.17, 15) is 4.79 Å². The maximum absolute atomic E-state index is 12.3. The van der Waals surface area contributed by atoms with Crippen molar-refractivity contribution in [3.05, 3.63) is 27.3 Å². The molecular formula is C18H29IN4O. The zero-order chi connectivity index (χ0) is 17.7. The lowest BCUT2D eigenvalue weighted by Crippen LogP contribution is -2.54. The lowest BCUT2D eigenvalue weighted by atomic mass is 10.0. The zero-order valence-electron chi connectivity index (χ0n) is 15.1. The van der Waals surface area contributed by atoms with E-state index in [0.717, 1.165) is 37.4 Å². The van der Waals surface area contributed by atoms with E-state index in [1.54, 1.807) is 0 Å². The van der Waals surface area contributed by atoms with Gasteiger partial charge in [0.25, 0.3) is 0 Å². The molecule has 1 aliphatic rings.